The molecule has 0 spiro atoms. The Balaban J connectivity index is 1.53. The van der Waals surface area contributed by atoms with Crippen molar-refractivity contribution in [1.82, 2.24) is 9.55 Å². The Morgan fingerprint density at radius 2 is 1.79 bits per heavy atom. The lowest BCUT2D eigenvalue weighted by molar-refractivity contribution is -0.123. The molecule has 1 aliphatic rings. The Hall–Kier alpha value is -4.13. The van der Waals surface area contributed by atoms with Crippen LogP contribution in [0, 0.1) is 17.6 Å². The molecule has 1 amide bonds. The van der Waals surface area contributed by atoms with E-state index in [9.17, 15) is 14.0 Å². The summed E-state index contributed by atoms with van der Waals surface area (Å²) < 4.78 is 41.3. The number of carbonyl (C=O) groups excluding carboxylic acids is 2. The highest BCUT2D eigenvalue weighted by atomic mass is 19.1. The van der Waals surface area contributed by atoms with Crippen molar-refractivity contribution in [3.05, 3.63) is 89.8 Å². The van der Waals surface area contributed by atoms with Gasteiger partial charge in [-0.2, -0.15) is 0 Å². The van der Waals surface area contributed by atoms with Gasteiger partial charge in [0.05, 0.1) is 25.3 Å². The highest BCUT2D eigenvalue weighted by Crippen LogP contribution is 2.31. The SMILES string of the molecule is [2H]C(c1ccc(-c2ccc3c(c2)ncn3C)cc1F)N(C(=O)C1CCCCC1)c1cc(F)cc(/C=C/C(C)=O)c1. The number of halogens is 2. The van der Waals surface area contributed by atoms with E-state index < -0.39 is 18.2 Å². The van der Waals surface area contributed by atoms with Crippen molar-refractivity contribution < 1.29 is 19.7 Å². The Kier molecular flexibility index (Phi) is 7.30. The van der Waals surface area contributed by atoms with E-state index in [0.717, 1.165) is 35.9 Å². The lowest BCUT2D eigenvalue weighted by Gasteiger charge is -2.30. The van der Waals surface area contributed by atoms with E-state index in [1.54, 1.807) is 18.5 Å². The first-order chi connectivity index (χ1) is 19.2. The number of benzene rings is 3. The maximum absolute atomic E-state index is 15.7. The van der Waals surface area contributed by atoms with Gasteiger partial charge in [0.2, 0.25) is 5.91 Å². The maximum atomic E-state index is 15.7. The van der Waals surface area contributed by atoms with Gasteiger partial charge in [-0.3, -0.25) is 9.59 Å². The third-order valence-corrected chi connectivity index (χ3v) is 7.21. The summed E-state index contributed by atoms with van der Waals surface area (Å²) in [6.45, 7) is -0.0516. The molecule has 1 atom stereocenters. The highest BCUT2D eigenvalue weighted by molar-refractivity contribution is 5.96. The molecule has 7 heteroatoms. The maximum Gasteiger partial charge on any atom is 0.230 e. The number of hydrogen-bond acceptors (Lipinski definition) is 3. The molecule has 200 valence electrons. The molecule has 0 saturated heterocycles. The summed E-state index contributed by atoms with van der Waals surface area (Å²) in [5.74, 6) is -2.10. The summed E-state index contributed by atoms with van der Waals surface area (Å²) >= 11 is 0. The zero-order chi connectivity index (χ0) is 28.4. The van der Waals surface area contributed by atoms with E-state index in [-0.39, 0.29) is 28.9 Å². The predicted octanol–water partition coefficient (Wildman–Crippen LogP) is 7.23. The predicted molar refractivity (Wildman–Crippen MR) is 150 cm³/mol. The Morgan fingerprint density at radius 3 is 2.54 bits per heavy atom. The number of allylic oxidation sites excluding steroid dienone is 1. The number of aromatic nitrogens is 2. The van der Waals surface area contributed by atoms with Gasteiger partial charge in [-0.1, -0.05) is 43.5 Å². The van der Waals surface area contributed by atoms with E-state index in [1.807, 2.05) is 29.8 Å². The molecule has 5 rings (SSSR count). The summed E-state index contributed by atoms with van der Waals surface area (Å²) in [5, 5.41) is 0. The van der Waals surface area contributed by atoms with E-state index in [4.69, 9.17) is 1.37 Å². The molecule has 0 radical (unpaired) electrons. The highest BCUT2D eigenvalue weighted by Gasteiger charge is 2.28. The molecular formula is C32H31F2N3O2. The Morgan fingerprint density at radius 1 is 1.05 bits per heavy atom. The second kappa shape index (κ2) is 11.3. The lowest BCUT2D eigenvalue weighted by Crippen LogP contribution is -2.37. The second-order valence-electron chi connectivity index (χ2n) is 10.2. The molecule has 1 heterocycles. The molecule has 1 fully saturated rings. The zero-order valence-electron chi connectivity index (χ0n) is 23.0. The molecule has 4 aromatic rings. The van der Waals surface area contributed by atoms with Gasteiger partial charge in [0.1, 0.15) is 11.6 Å². The summed E-state index contributed by atoms with van der Waals surface area (Å²) in [6, 6.07) is 14.3. The van der Waals surface area contributed by atoms with Crippen molar-refractivity contribution >= 4 is 34.5 Å². The lowest BCUT2D eigenvalue weighted by atomic mass is 9.88. The van der Waals surface area contributed by atoms with E-state index in [2.05, 4.69) is 4.98 Å². The molecule has 1 aromatic heterocycles. The standard InChI is InChI=1S/C32H31F2N3O2/c1-21(38)8-9-22-14-27(33)18-28(15-22)37(32(39)23-6-4-3-5-7-23)19-26-11-10-24(16-29(26)34)25-12-13-31-30(17-25)35-20-36(31)2/h8-18,20,23H,3-7,19H2,1-2H3/b9-8+/i19D. The van der Waals surface area contributed by atoms with Crippen molar-refractivity contribution in [1.29, 1.82) is 0 Å². The normalized spacial score (nSPS) is 15.4. The van der Waals surface area contributed by atoms with Crippen molar-refractivity contribution in [2.45, 2.75) is 45.5 Å². The number of hydrogen-bond donors (Lipinski definition) is 0. The van der Waals surface area contributed by atoms with Crippen molar-refractivity contribution in [2.24, 2.45) is 13.0 Å². The summed E-state index contributed by atoms with van der Waals surface area (Å²) in [4.78, 5) is 30.8. The number of fused-ring (bicyclic) bond motifs is 1. The number of anilines is 1. The Labute approximate surface area is 228 Å². The summed E-state index contributed by atoms with van der Waals surface area (Å²) in [6.07, 6.45) is 8.66. The topological polar surface area (TPSA) is 55.2 Å². The minimum atomic E-state index is -1.44. The van der Waals surface area contributed by atoms with Crippen molar-refractivity contribution in [2.75, 3.05) is 4.90 Å². The van der Waals surface area contributed by atoms with Gasteiger partial charge in [-0.15, -0.1) is 0 Å². The van der Waals surface area contributed by atoms with Crippen LogP contribution in [0.4, 0.5) is 14.5 Å². The number of amides is 1. The Bertz CT molecular complexity index is 1610. The largest absolute Gasteiger partial charge is 0.334 e. The minimum absolute atomic E-state index is 0.0110. The van der Waals surface area contributed by atoms with Crippen LogP contribution in [0.3, 0.4) is 0 Å². The molecular weight excluding hydrogens is 496 g/mol. The van der Waals surface area contributed by atoms with Gasteiger partial charge < -0.3 is 9.47 Å². The molecule has 0 N–H and O–H groups in total. The second-order valence-corrected chi connectivity index (χ2v) is 10.2. The summed E-state index contributed by atoms with van der Waals surface area (Å²) in [5.41, 5.74) is 3.68. The number of imidazole rings is 1. The van der Waals surface area contributed by atoms with Crippen LogP contribution in [-0.4, -0.2) is 21.2 Å². The van der Waals surface area contributed by atoms with E-state index in [0.29, 0.717) is 24.0 Å². The quantitative estimate of drug-likeness (QED) is 0.238. The fraction of sp³-hybridized carbons (Fsp3) is 0.281. The third kappa shape index (κ3) is 5.98. The third-order valence-electron chi connectivity index (χ3n) is 7.21. The van der Waals surface area contributed by atoms with Crippen LogP contribution >= 0.6 is 0 Å². The van der Waals surface area contributed by atoms with Crippen LogP contribution in [0.1, 0.15) is 51.5 Å². The van der Waals surface area contributed by atoms with Gasteiger partial charge in [0, 0.05) is 24.2 Å². The first-order valence-electron chi connectivity index (χ1n) is 13.7. The van der Waals surface area contributed by atoms with Gasteiger partial charge in [-0.25, -0.2) is 13.8 Å². The summed E-state index contributed by atoms with van der Waals surface area (Å²) in [7, 11) is 1.90. The van der Waals surface area contributed by atoms with Crippen LogP contribution in [-0.2, 0) is 23.2 Å². The van der Waals surface area contributed by atoms with Crippen molar-refractivity contribution in [3.63, 3.8) is 0 Å². The number of carbonyl (C=O) groups is 2. The molecule has 1 aliphatic carbocycles. The van der Waals surface area contributed by atoms with Gasteiger partial charge in [-0.05, 0) is 78.9 Å². The molecule has 1 unspecified atom stereocenters. The molecule has 39 heavy (non-hydrogen) atoms. The average Bonchev–Trinajstić information content (AvgIpc) is 3.32. The molecule has 0 aliphatic heterocycles. The van der Waals surface area contributed by atoms with Crippen LogP contribution in [0.15, 0.2) is 67.0 Å². The first kappa shape index (κ1) is 25.2. The van der Waals surface area contributed by atoms with Gasteiger partial charge in [0.25, 0.3) is 0 Å². The van der Waals surface area contributed by atoms with E-state index in [1.165, 1.54) is 48.2 Å². The first-order valence-corrected chi connectivity index (χ1v) is 13.2. The smallest absolute Gasteiger partial charge is 0.230 e. The van der Waals surface area contributed by atoms with Crippen molar-refractivity contribution in [3.8, 4) is 11.1 Å². The molecule has 0 bridgehead atoms. The molecule has 5 nitrogen and oxygen atoms in total. The van der Waals surface area contributed by atoms with Gasteiger partial charge >= 0.3 is 0 Å². The van der Waals surface area contributed by atoms with E-state index >= 15 is 4.39 Å². The molecule has 1 saturated carbocycles. The van der Waals surface area contributed by atoms with Crippen LogP contribution in [0.2, 0.25) is 0 Å². The molecule has 3 aromatic carbocycles. The number of rotatable bonds is 7. The number of aryl methyl sites for hydroxylation is 1. The fourth-order valence-electron chi connectivity index (χ4n) is 5.12. The van der Waals surface area contributed by atoms with Gasteiger partial charge in [0.15, 0.2) is 5.78 Å². The minimum Gasteiger partial charge on any atom is -0.334 e. The average molecular weight is 529 g/mol. The van der Waals surface area contributed by atoms with Crippen LogP contribution < -0.4 is 4.90 Å². The number of ketones is 1. The van der Waals surface area contributed by atoms with Crippen LogP contribution in [0.25, 0.3) is 28.2 Å². The monoisotopic (exact) mass is 528 g/mol. The van der Waals surface area contributed by atoms with Crippen LogP contribution in [0.5, 0.6) is 0 Å². The zero-order valence-corrected chi connectivity index (χ0v) is 22.0. The fourth-order valence-corrected chi connectivity index (χ4v) is 5.12. The number of nitrogens with zero attached hydrogens (tertiary/aromatic N) is 3.